The number of hydrogen-bond donors (Lipinski definition) is 0. The van der Waals surface area contributed by atoms with Crippen molar-refractivity contribution >= 4 is 11.6 Å². The van der Waals surface area contributed by atoms with Crippen LogP contribution in [0.5, 0.6) is 0 Å². The number of amides is 1. The van der Waals surface area contributed by atoms with Gasteiger partial charge in [0, 0.05) is 17.5 Å². The second-order valence-corrected chi connectivity index (χ2v) is 7.14. The molecule has 0 atom stereocenters. The maximum absolute atomic E-state index is 12.9. The number of rotatable bonds is 1. The van der Waals surface area contributed by atoms with Crippen molar-refractivity contribution in [2.45, 2.75) is 33.7 Å². The van der Waals surface area contributed by atoms with Crippen molar-refractivity contribution in [1.82, 2.24) is 0 Å². The Hall–Kier alpha value is -2.53. The van der Waals surface area contributed by atoms with Crippen LogP contribution in [0.1, 0.15) is 43.9 Å². The molecule has 2 heteroatoms. The first-order valence-corrected chi connectivity index (χ1v) is 7.93. The molecule has 0 spiro atoms. The fraction of sp³-hybridized carbons (Fsp3) is 0.286. The summed E-state index contributed by atoms with van der Waals surface area (Å²) in [5, 5.41) is 0. The lowest BCUT2D eigenvalue weighted by molar-refractivity contribution is -0.120. The monoisotopic (exact) mass is 303 g/mol. The molecule has 2 aromatic carbocycles. The average Bonchev–Trinajstić information content (AvgIpc) is 2.48. The van der Waals surface area contributed by atoms with E-state index in [2.05, 4.69) is 38.7 Å². The normalized spacial score (nSPS) is 13.1. The number of fused-ring (bicyclic) bond motifs is 2. The Balaban J connectivity index is 2.09. The summed E-state index contributed by atoms with van der Waals surface area (Å²) in [6.07, 6.45) is 0.511. The van der Waals surface area contributed by atoms with Crippen LogP contribution in [0, 0.1) is 17.3 Å². The number of nitrogens with zero attached hydrogens (tertiary/aromatic N) is 1. The van der Waals surface area contributed by atoms with Crippen LogP contribution in [0.15, 0.2) is 48.5 Å². The highest BCUT2D eigenvalue weighted by Crippen LogP contribution is 2.28. The summed E-state index contributed by atoms with van der Waals surface area (Å²) in [5.74, 6) is 6.61. The molecule has 0 saturated carbocycles. The summed E-state index contributed by atoms with van der Waals surface area (Å²) in [6, 6.07) is 16.0. The van der Waals surface area contributed by atoms with Gasteiger partial charge in [0.15, 0.2) is 0 Å². The van der Waals surface area contributed by atoms with E-state index in [1.165, 1.54) is 0 Å². The Morgan fingerprint density at radius 1 is 1.00 bits per heavy atom. The molecule has 0 unspecified atom stereocenters. The molecule has 0 N–H and O–H groups in total. The van der Waals surface area contributed by atoms with Gasteiger partial charge in [-0.2, -0.15) is 0 Å². The summed E-state index contributed by atoms with van der Waals surface area (Å²) in [6.45, 7) is 6.84. The van der Waals surface area contributed by atoms with Crippen molar-refractivity contribution in [3.8, 4) is 11.8 Å². The van der Waals surface area contributed by atoms with E-state index in [-0.39, 0.29) is 11.3 Å². The van der Waals surface area contributed by atoms with Crippen molar-refractivity contribution in [2.24, 2.45) is 5.41 Å². The fourth-order valence-electron chi connectivity index (χ4n) is 2.76. The van der Waals surface area contributed by atoms with Crippen molar-refractivity contribution < 1.29 is 4.79 Å². The highest BCUT2D eigenvalue weighted by Gasteiger charge is 2.25. The molecule has 1 aliphatic rings. The maximum atomic E-state index is 12.9. The lowest BCUT2D eigenvalue weighted by Crippen LogP contribution is -2.34. The third-order valence-corrected chi connectivity index (χ3v) is 3.86. The number of carbonyl (C=O) groups is 1. The quantitative estimate of drug-likeness (QED) is 0.716. The summed E-state index contributed by atoms with van der Waals surface area (Å²) >= 11 is 0. The third-order valence-electron chi connectivity index (χ3n) is 3.86. The fourth-order valence-corrected chi connectivity index (χ4v) is 2.76. The minimum atomic E-state index is -0.0421. The van der Waals surface area contributed by atoms with Gasteiger partial charge >= 0.3 is 0 Å². The van der Waals surface area contributed by atoms with E-state index in [9.17, 15) is 4.79 Å². The van der Waals surface area contributed by atoms with Crippen LogP contribution >= 0.6 is 0 Å². The zero-order valence-corrected chi connectivity index (χ0v) is 13.9. The molecule has 0 aromatic heterocycles. The minimum Gasteiger partial charge on any atom is -0.307 e. The van der Waals surface area contributed by atoms with Gasteiger partial charge in [-0.15, -0.1) is 0 Å². The van der Waals surface area contributed by atoms with Gasteiger partial charge in [0.25, 0.3) is 0 Å². The summed E-state index contributed by atoms with van der Waals surface area (Å²) in [4.78, 5) is 14.8. The summed E-state index contributed by atoms with van der Waals surface area (Å²) in [7, 11) is 0. The van der Waals surface area contributed by atoms with E-state index in [1.54, 1.807) is 0 Å². The van der Waals surface area contributed by atoms with Crippen LogP contribution in [-0.4, -0.2) is 5.91 Å². The SMILES string of the molecule is CC(C)(C)CC(=O)N1Cc2ccccc2C#Cc2ccccc21. The molecular formula is C21H21NO. The lowest BCUT2D eigenvalue weighted by atomic mass is 9.91. The summed E-state index contributed by atoms with van der Waals surface area (Å²) in [5.41, 5.74) is 3.86. The second kappa shape index (κ2) is 5.93. The van der Waals surface area contributed by atoms with Crippen molar-refractivity contribution in [1.29, 1.82) is 0 Å². The average molecular weight is 303 g/mol. The number of hydrogen-bond acceptors (Lipinski definition) is 1. The van der Waals surface area contributed by atoms with E-state index < -0.39 is 0 Å². The van der Waals surface area contributed by atoms with Gasteiger partial charge < -0.3 is 4.90 Å². The van der Waals surface area contributed by atoms with E-state index in [0.29, 0.717) is 13.0 Å². The largest absolute Gasteiger partial charge is 0.307 e. The third kappa shape index (κ3) is 3.46. The molecule has 1 aliphatic heterocycles. The molecule has 2 nitrogen and oxygen atoms in total. The van der Waals surface area contributed by atoms with E-state index in [4.69, 9.17) is 0 Å². The second-order valence-electron chi connectivity index (χ2n) is 7.14. The van der Waals surface area contributed by atoms with E-state index in [0.717, 1.165) is 22.4 Å². The molecule has 2 aromatic rings. The Morgan fingerprint density at radius 3 is 2.35 bits per heavy atom. The number of carbonyl (C=O) groups excluding carboxylic acids is 1. The van der Waals surface area contributed by atoms with Crippen LogP contribution in [0.4, 0.5) is 5.69 Å². The van der Waals surface area contributed by atoms with Gasteiger partial charge in [0.1, 0.15) is 0 Å². The van der Waals surface area contributed by atoms with Crippen LogP contribution in [0.3, 0.4) is 0 Å². The molecule has 0 saturated heterocycles. The van der Waals surface area contributed by atoms with Crippen molar-refractivity contribution in [3.63, 3.8) is 0 Å². The molecule has 116 valence electrons. The van der Waals surface area contributed by atoms with Crippen LogP contribution in [0.25, 0.3) is 0 Å². The van der Waals surface area contributed by atoms with Gasteiger partial charge in [0.05, 0.1) is 12.2 Å². The molecule has 3 rings (SSSR count). The first kappa shape index (κ1) is 15.4. The molecule has 0 bridgehead atoms. The molecule has 23 heavy (non-hydrogen) atoms. The van der Waals surface area contributed by atoms with Crippen molar-refractivity contribution in [2.75, 3.05) is 4.90 Å². The number of para-hydroxylation sites is 1. The van der Waals surface area contributed by atoms with Gasteiger partial charge in [-0.1, -0.05) is 62.9 Å². The predicted octanol–water partition coefficient (Wildman–Crippen LogP) is 4.37. The Bertz CT molecular complexity index is 802. The van der Waals surface area contributed by atoms with Crippen LogP contribution in [-0.2, 0) is 11.3 Å². The first-order chi connectivity index (χ1) is 10.9. The standard InChI is InChI=1S/C21H21NO/c1-21(2,3)14-20(23)22-15-18-10-5-4-8-16(18)12-13-17-9-6-7-11-19(17)22/h4-11H,14-15H2,1-3H3. The predicted molar refractivity (Wildman–Crippen MR) is 94.1 cm³/mol. The van der Waals surface area contributed by atoms with E-state index >= 15 is 0 Å². The van der Waals surface area contributed by atoms with Crippen LogP contribution in [0.2, 0.25) is 0 Å². The Kier molecular flexibility index (Phi) is 3.96. The molecule has 1 heterocycles. The maximum Gasteiger partial charge on any atom is 0.227 e. The Labute approximate surface area is 138 Å². The molecule has 0 fully saturated rings. The van der Waals surface area contributed by atoms with Gasteiger partial charge in [-0.05, 0) is 29.2 Å². The zero-order valence-electron chi connectivity index (χ0n) is 13.9. The molecule has 0 radical (unpaired) electrons. The van der Waals surface area contributed by atoms with Gasteiger partial charge in [-0.25, -0.2) is 0 Å². The molecular weight excluding hydrogens is 282 g/mol. The number of anilines is 1. The van der Waals surface area contributed by atoms with Crippen LogP contribution < -0.4 is 4.90 Å². The first-order valence-electron chi connectivity index (χ1n) is 7.93. The minimum absolute atomic E-state index is 0.0421. The van der Waals surface area contributed by atoms with Gasteiger partial charge in [-0.3, -0.25) is 4.79 Å². The topological polar surface area (TPSA) is 20.3 Å². The molecule has 0 aliphatic carbocycles. The lowest BCUT2D eigenvalue weighted by Gasteiger charge is -2.29. The molecule has 1 amide bonds. The highest BCUT2D eigenvalue weighted by atomic mass is 16.2. The number of benzene rings is 2. The highest BCUT2D eigenvalue weighted by molar-refractivity contribution is 5.95. The van der Waals surface area contributed by atoms with Gasteiger partial charge in [0.2, 0.25) is 5.91 Å². The smallest absolute Gasteiger partial charge is 0.227 e. The van der Waals surface area contributed by atoms with E-state index in [1.807, 2.05) is 47.4 Å². The Morgan fingerprint density at radius 2 is 1.61 bits per heavy atom. The van der Waals surface area contributed by atoms with Crippen molar-refractivity contribution in [3.05, 3.63) is 65.2 Å². The summed E-state index contributed by atoms with van der Waals surface area (Å²) < 4.78 is 0. The zero-order chi connectivity index (χ0) is 16.4.